The first-order valence-electron chi connectivity index (χ1n) is 11.2. The minimum Gasteiger partial charge on any atom is -0.493 e. The first kappa shape index (κ1) is 26.4. The Morgan fingerprint density at radius 1 is 0.917 bits per heavy atom. The zero-order valence-corrected chi connectivity index (χ0v) is 19.3. The van der Waals surface area contributed by atoms with Gasteiger partial charge in [0.2, 0.25) is 0 Å². The molecule has 0 unspecified atom stereocenters. The predicted octanol–water partition coefficient (Wildman–Crippen LogP) is 3.79. The van der Waals surface area contributed by atoms with Gasteiger partial charge in [0.25, 0.3) is 11.8 Å². The summed E-state index contributed by atoms with van der Waals surface area (Å²) in [6, 6.07) is 22.0. The summed E-state index contributed by atoms with van der Waals surface area (Å²) in [5.41, 5.74) is 1.84. The standard InChI is InChI=1S/C27H26F2N2O5/c28-27(29)36-23-10-6-20(7-11-23)18-24(26(34)30-15-16-32)31-25(33)21-8-12-22(13-9-21)35-17-14-19-4-2-1-3-5-19/h1-13,18,27,32H,14-17H2,(H,30,34)(H,31,33)/b24-18-. The number of rotatable bonds is 12. The molecule has 2 amide bonds. The van der Waals surface area contributed by atoms with E-state index in [0.717, 1.165) is 12.0 Å². The summed E-state index contributed by atoms with van der Waals surface area (Å²) in [7, 11) is 0. The minimum absolute atomic E-state index is 0.0117. The lowest BCUT2D eigenvalue weighted by Gasteiger charge is -2.12. The maximum absolute atomic E-state index is 12.8. The molecule has 0 radical (unpaired) electrons. The maximum Gasteiger partial charge on any atom is 0.387 e. The molecule has 0 saturated heterocycles. The summed E-state index contributed by atoms with van der Waals surface area (Å²) in [5.74, 6) is -0.589. The average molecular weight is 497 g/mol. The Morgan fingerprint density at radius 3 is 2.22 bits per heavy atom. The first-order valence-corrected chi connectivity index (χ1v) is 11.2. The predicted molar refractivity (Wildman–Crippen MR) is 131 cm³/mol. The van der Waals surface area contributed by atoms with Crippen molar-refractivity contribution in [2.24, 2.45) is 0 Å². The van der Waals surface area contributed by atoms with Crippen LogP contribution in [-0.4, -0.2) is 43.3 Å². The number of amides is 2. The highest BCUT2D eigenvalue weighted by Crippen LogP contribution is 2.17. The molecule has 7 nitrogen and oxygen atoms in total. The van der Waals surface area contributed by atoms with Crippen molar-refractivity contribution >= 4 is 17.9 Å². The van der Waals surface area contributed by atoms with Crippen LogP contribution in [0, 0.1) is 0 Å². The Bertz CT molecular complexity index is 1150. The number of hydrogen-bond acceptors (Lipinski definition) is 5. The second kappa shape index (κ2) is 13.6. The fourth-order valence-electron chi connectivity index (χ4n) is 3.16. The van der Waals surface area contributed by atoms with Gasteiger partial charge in [-0.25, -0.2) is 0 Å². The Kier molecular flexibility index (Phi) is 9.96. The number of carbonyl (C=O) groups is 2. The van der Waals surface area contributed by atoms with Crippen LogP contribution in [0.25, 0.3) is 6.08 Å². The van der Waals surface area contributed by atoms with E-state index < -0.39 is 18.4 Å². The fourth-order valence-corrected chi connectivity index (χ4v) is 3.16. The van der Waals surface area contributed by atoms with Gasteiger partial charge in [0.05, 0.1) is 13.2 Å². The highest BCUT2D eigenvalue weighted by Gasteiger charge is 2.15. The van der Waals surface area contributed by atoms with Gasteiger partial charge in [-0.3, -0.25) is 9.59 Å². The largest absolute Gasteiger partial charge is 0.493 e. The molecule has 0 aliphatic heterocycles. The minimum atomic E-state index is -2.95. The summed E-state index contributed by atoms with van der Waals surface area (Å²) in [6.45, 7) is -2.76. The third-order valence-electron chi connectivity index (χ3n) is 4.93. The molecule has 0 heterocycles. The molecule has 3 N–H and O–H groups in total. The molecule has 3 aromatic carbocycles. The Balaban J connectivity index is 1.65. The SMILES string of the molecule is O=C(NCCO)/C(=C/c1ccc(OC(F)F)cc1)NC(=O)c1ccc(OCCc2ccccc2)cc1. The molecule has 9 heteroatoms. The third kappa shape index (κ3) is 8.52. The normalized spacial score (nSPS) is 11.2. The topological polar surface area (TPSA) is 96.9 Å². The zero-order chi connectivity index (χ0) is 25.8. The van der Waals surface area contributed by atoms with Crippen LogP contribution in [-0.2, 0) is 11.2 Å². The van der Waals surface area contributed by atoms with Crippen molar-refractivity contribution in [3.63, 3.8) is 0 Å². The second-order valence-corrected chi connectivity index (χ2v) is 7.55. The third-order valence-corrected chi connectivity index (χ3v) is 4.93. The Morgan fingerprint density at radius 2 is 1.58 bits per heavy atom. The van der Waals surface area contributed by atoms with Gasteiger partial charge in [-0.2, -0.15) is 8.78 Å². The number of nitrogens with one attached hydrogen (secondary N) is 2. The molecular weight excluding hydrogens is 470 g/mol. The number of aliphatic hydroxyl groups excluding tert-OH is 1. The smallest absolute Gasteiger partial charge is 0.387 e. The summed E-state index contributed by atoms with van der Waals surface area (Å²) in [6.07, 6.45) is 2.13. The molecule has 0 saturated carbocycles. The van der Waals surface area contributed by atoms with Crippen molar-refractivity contribution in [1.82, 2.24) is 10.6 Å². The fraction of sp³-hybridized carbons (Fsp3) is 0.185. The molecule has 188 valence electrons. The highest BCUT2D eigenvalue weighted by atomic mass is 19.3. The van der Waals surface area contributed by atoms with E-state index in [9.17, 15) is 18.4 Å². The van der Waals surface area contributed by atoms with Crippen LogP contribution in [0.2, 0.25) is 0 Å². The summed E-state index contributed by atoms with van der Waals surface area (Å²) in [4.78, 5) is 25.3. The van der Waals surface area contributed by atoms with E-state index in [1.54, 1.807) is 24.3 Å². The van der Waals surface area contributed by atoms with E-state index in [0.29, 0.717) is 23.5 Å². The van der Waals surface area contributed by atoms with Gasteiger partial charge >= 0.3 is 6.61 Å². The monoisotopic (exact) mass is 496 g/mol. The van der Waals surface area contributed by atoms with Crippen LogP contribution in [0.4, 0.5) is 8.78 Å². The van der Waals surface area contributed by atoms with Crippen molar-refractivity contribution in [3.8, 4) is 11.5 Å². The molecule has 3 aromatic rings. The van der Waals surface area contributed by atoms with Crippen LogP contribution >= 0.6 is 0 Å². The molecule has 0 aromatic heterocycles. The van der Waals surface area contributed by atoms with Gasteiger partial charge in [0.1, 0.15) is 17.2 Å². The maximum atomic E-state index is 12.8. The molecule has 0 atom stereocenters. The Labute approximate surface area is 207 Å². The van der Waals surface area contributed by atoms with Gasteiger partial charge in [-0.15, -0.1) is 0 Å². The van der Waals surface area contributed by atoms with E-state index in [1.807, 2.05) is 30.3 Å². The molecule has 36 heavy (non-hydrogen) atoms. The van der Waals surface area contributed by atoms with Gasteiger partial charge < -0.3 is 25.2 Å². The number of aliphatic hydroxyl groups is 1. The van der Waals surface area contributed by atoms with Crippen LogP contribution in [0.1, 0.15) is 21.5 Å². The molecule has 0 aliphatic carbocycles. The van der Waals surface area contributed by atoms with Crippen molar-refractivity contribution in [1.29, 1.82) is 0 Å². The summed E-state index contributed by atoms with van der Waals surface area (Å²) >= 11 is 0. The van der Waals surface area contributed by atoms with Gasteiger partial charge in [-0.05, 0) is 53.6 Å². The van der Waals surface area contributed by atoms with Crippen molar-refractivity contribution in [2.45, 2.75) is 13.0 Å². The van der Waals surface area contributed by atoms with Crippen LogP contribution in [0.5, 0.6) is 11.5 Å². The zero-order valence-electron chi connectivity index (χ0n) is 19.3. The number of alkyl halides is 2. The van der Waals surface area contributed by atoms with Crippen molar-refractivity contribution < 1.29 is 33.0 Å². The van der Waals surface area contributed by atoms with Gasteiger partial charge in [0.15, 0.2) is 0 Å². The van der Waals surface area contributed by atoms with E-state index in [2.05, 4.69) is 15.4 Å². The molecule has 0 spiro atoms. The number of benzene rings is 3. The van der Waals surface area contributed by atoms with Crippen LogP contribution < -0.4 is 20.1 Å². The van der Waals surface area contributed by atoms with Crippen molar-refractivity contribution in [2.75, 3.05) is 19.8 Å². The molecule has 0 fully saturated rings. The van der Waals surface area contributed by atoms with Gasteiger partial charge in [-0.1, -0.05) is 42.5 Å². The highest BCUT2D eigenvalue weighted by molar-refractivity contribution is 6.05. The number of halogens is 2. The van der Waals surface area contributed by atoms with Crippen molar-refractivity contribution in [3.05, 3.63) is 101 Å². The molecule has 0 bridgehead atoms. The lowest BCUT2D eigenvalue weighted by molar-refractivity contribution is -0.117. The van der Waals surface area contributed by atoms with E-state index in [4.69, 9.17) is 9.84 Å². The lowest BCUT2D eigenvalue weighted by Crippen LogP contribution is -2.36. The van der Waals surface area contributed by atoms with E-state index in [1.165, 1.54) is 30.3 Å². The lowest BCUT2D eigenvalue weighted by atomic mass is 10.1. The molecular formula is C27H26F2N2O5. The van der Waals surface area contributed by atoms with E-state index >= 15 is 0 Å². The van der Waals surface area contributed by atoms with Gasteiger partial charge in [0, 0.05) is 18.5 Å². The first-order chi connectivity index (χ1) is 17.4. The number of carbonyl (C=O) groups excluding carboxylic acids is 2. The number of ether oxygens (including phenoxy) is 2. The summed E-state index contributed by atoms with van der Waals surface area (Å²) < 4.78 is 34.8. The molecule has 3 rings (SSSR count). The van der Waals surface area contributed by atoms with E-state index in [-0.39, 0.29) is 24.6 Å². The molecule has 0 aliphatic rings. The Hall–Kier alpha value is -4.24. The second-order valence-electron chi connectivity index (χ2n) is 7.55. The van der Waals surface area contributed by atoms with Crippen LogP contribution in [0.15, 0.2) is 84.6 Å². The number of hydrogen-bond donors (Lipinski definition) is 3. The quantitative estimate of drug-likeness (QED) is 0.332. The van der Waals surface area contributed by atoms with Crippen LogP contribution in [0.3, 0.4) is 0 Å². The summed E-state index contributed by atoms with van der Waals surface area (Å²) in [5, 5.41) is 14.0. The average Bonchev–Trinajstić information content (AvgIpc) is 2.88.